The van der Waals surface area contributed by atoms with Gasteiger partial charge in [0.2, 0.25) is 5.91 Å². The predicted molar refractivity (Wildman–Crippen MR) is 201 cm³/mol. The second-order valence-electron chi connectivity index (χ2n) is 13.1. The van der Waals surface area contributed by atoms with E-state index in [-0.39, 0.29) is 12.0 Å². The summed E-state index contributed by atoms with van der Waals surface area (Å²) in [5, 5.41) is 17.2. The molecule has 0 bridgehead atoms. The molecule has 0 saturated heterocycles. The van der Waals surface area contributed by atoms with Crippen molar-refractivity contribution in [2.24, 2.45) is 0 Å². The highest BCUT2D eigenvalue weighted by Gasteiger charge is 2.41. The van der Waals surface area contributed by atoms with Crippen molar-refractivity contribution in [3.8, 4) is 34.4 Å². The highest BCUT2D eigenvalue weighted by atomic mass is 35.5. The number of hydrogen-bond acceptors (Lipinski definition) is 8. The minimum absolute atomic E-state index is 0.308. The molecule has 0 aliphatic carbocycles. The lowest BCUT2D eigenvalue weighted by molar-refractivity contribution is -0.151. The van der Waals surface area contributed by atoms with Gasteiger partial charge in [-0.15, -0.1) is 0 Å². The second kappa shape index (κ2) is 15.2. The number of benzene rings is 5. The van der Waals surface area contributed by atoms with Gasteiger partial charge in [-0.2, -0.15) is 5.26 Å². The van der Waals surface area contributed by atoms with Crippen molar-refractivity contribution in [2.45, 2.75) is 44.2 Å². The van der Waals surface area contributed by atoms with E-state index in [1.807, 2.05) is 72.8 Å². The van der Waals surface area contributed by atoms with Crippen molar-refractivity contribution in [1.29, 1.82) is 5.26 Å². The molecule has 5 aromatic rings. The number of nitrogens with zero attached hydrogens (tertiary/aromatic N) is 1. The first-order chi connectivity index (χ1) is 25.6. The number of nitriles is 1. The molecule has 2 N–H and O–H groups in total. The van der Waals surface area contributed by atoms with Crippen LogP contribution < -0.4 is 24.8 Å². The van der Waals surface area contributed by atoms with Crippen LogP contribution in [0.15, 0.2) is 103 Å². The molecule has 0 fully saturated rings. The maximum Gasteiger partial charge on any atom is 0.336 e. The number of esters is 1. The molecule has 0 saturated carbocycles. The van der Waals surface area contributed by atoms with Gasteiger partial charge in [0.05, 0.1) is 34.8 Å². The lowest BCUT2D eigenvalue weighted by Crippen LogP contribution is -2.57. The number of nitrogens with one attached hydrogen (secondary N) is 2. The van der Waals surface area contributed by atoms with Gasteiger partial charge in [-0.05, 0) is 94.8 Å². The molecule has 7 rings (SSSR count). The predicted octanol–water partition coefficient (Wildman–Crippen LogP) is 7.84. The summed E-state index contributed by atoms with van der Waals surface area (Å²) < 4.78 is 23.6. The van der Waals surface area contributed by atoms with Gasteiger partial charge in [-0.1, -0.05) is 83.9 Å². The molecule has 1 amide bonds. The van der Waals surface area contributed by atoms with Gasteiger partial charge in [0.25, 0.3) is 0 Å². The molecule has 0 radical (unpaired) electrons. The van der Waals surface area contributed by atoms with Crippen LogP contribution in [-0.4, -0.2) is 31.6 Å². The standard InChI is InChI=1S/C42H35Cl2N3O6/c1-42(41(49)50-2,31-11-14-33(29(17-31)21-45)26-6-4-3-5-7-26)47-40(48)36-18-28-19-37-38(20-30(28)22-46-36)53-39(24-52-37)27-9-12-32(13-10-27)51-23-25-8-15-34(43)35(44)16-25/h3-17,19-20,36,39,46H,18,22-24H2,1-2H3,(H,47,48)/t36-,39?,42?/m0/s1. The molecule has 268 valence electrons. The second-order valence-corrected chi connectivity index (χ2v) is 13.9. The molecule has 3 atom stereocenters. The molecular formula is C42H35Cl2N3O6. The summed E-state index contributed by atoms with van der Waals surface area (Å²) in [7, 11) is 1.27. The number of fused-ring (bicyclic) bond motifs is 2. The van der Waals surface area contributed by atoms with Crippen LogP contribution in [0.4, 0.5) is 0 Å². The van der Waals surface area contributed by atoms with Gasteiger partial charge in [0.15, 0.2) is 23.1 Å². The average molecular weight is 749 g/mol. The molecule has 2 aliphatic rings. The molecule has 9 nitrogen and oxygen atoms in total. The zero-order valence-electron chi connectivity index (χ0n) is 29.0. The Labute approximate surface area is 317 Å². The molecular weight excluding hydrogens is 713 g/mol. The van der Waals surface area contributed by atoms with Crippen molar-refractivity contribution in [2.75, 3.05) is 13.7 Å². The lowest BCUT2D eigenvalue weighted by Gasteiger charge is -2.33. The summed E-state index contributed by atoms with van der Waals surface area (Å²) in [6.07, 6.45) is 0.0394. The zero-order chi connectivity index (χ0) is 37.1. The minimum Gasteiger partial charge on any atom is -0.489 e. The highest BCUT2D eigenvalue weighted by molar-refractivity contribution is 6.42. The maximum absolute atomic E-state index is 13.8. The number of amides is 1. The first-order valence-corrected chi connectivity index (χ1v) is 17.8. The Balaban J connectivity index is 1.01. The number of halogens is 2. The number of methoxy groups -OCH3 is 1. The molecule has 5 aromatic carbocycles. The fraction of sp³-hybridized carbons (Fsp3) is 0.214. The SMILES string of the molecule is COC(=O)C(C)(NC(=O)[C@@H]1Cc2cc3c(cc2CN1)OC(c1ccc(OCc2ccc(Cl)c(Cl)c2)cc1)CO3)c1ccc(-c2ccccc2)c(C#N)c1. The average Bonchev–Trinajstić information content (AvgIpc) is 3.19. The Bertz CT molecular complexity index is 2220. The Morgan fingerprint density at radius 3 is 2.45 bits per heavy atom. The van der Waals surface area contributed by atoms with Crippen molar-refractivity contribution in [3.63, 3.8) is 0 Å². The third-order valence-electron chi connectivity index (χ3n) is 9.62. The van der Waals surface area contributed by atoms with E-state index in [2.05, 4.69) is 16.7 Å². The molecule has 11 heteroatoms. The van der Waals surface area contributed by atoms with E-state index in [0.29, 0.717) is 64.6 Å². The van der Waals surface area contributed by atoms with Crippen LogP contribution in [-0.2, 0) is 39.4 Å². The van der Waals surface area contributed by atoms with Gasteiger partial charge in [-0.3, -0.25) is 4.79 Å². The lowest BCUT2D eigenvalue weighted by atomic mass is 9.87. The third-order valence-corrected chi connectivity index (χ3v) is 10.4. The van der Waals surface area contributed by atoms with E-state index in [9.17, 15) is 14.9 Å². The molecule has 0 spiro atoms. The highest BCUT2D eigenvalue weighted by Crippen LogP contribution is 2.40. The monoisotopic (exact) mass is 747 g/mol. The van der Waals surface area contributed by atoms with Crippen LogP contribution in [0.5, 0.6) is 17.2 Å². The first-order valence-electron chi connectivity index (χ1n) is 17.0. The summed E-state index contributed by atoms with van der Waals surface area (Å²) >= 11 is 12.1. The van der Waals surface area contributed by atoms with Gasteiger partial charge in [0.1, 0.15) is 19.0 Å². The number of carbonyl (C=O) groups is 2. The summed E-state index contributed by atoms with van der Waals surface area (Å²) in [5.74, 6) is 0.891. The van der Waals surface area contributed by atoms with Crippen molar-refractivity contribution < 1.29 is 28.5 Å². The van der Waals surface area contributed by atoms with E-state index in [4.69, 9.17) is 42.1 Å². The van der Waals surface area contributed by atoms with Crippen LogP contribution in [0.2, 0.25) is 10.0 Å². The quantitative estimate of drug-likeness (QED) is 0.147. The maximum atomic E-state index is 13.8. The number of carbonyl (C=O) groups excluding carboxylic acids is 2. The van der Waals surface area contributed by atoms with E-state index in [0.717, 1.165) is 33.4 Å². The van der Waals surface area contributed by atoms with Gasteiger partial charge in [-0.25, -0.2) is 4.79 Å². The molecule has 53 heavy (non-hydrogen) atoms. The fourth-order valence-electron chi connectivity index (χ4n) is 6.60. The van der Waals surface area contributed by atoms with E-state index in [1.54, 1.807) is 37.3 Å². The molecule has 0 aromatic heterocycles. The molecule has 2 unspecified atom stereocenters. The Hall–Kier alpha value is -5.53. The van der Waals surface area contributed by atoms with Crippen LogP contribution >= 0.6 is 23.2 Å². The van der Waals surface area contributed by atoms with Crippen molar-refractivity contribution >= 4 is 35.1 Å². The van der Waals surface area contributed by atoms with Crippen LogP contribution in [0.25, 0.3) is 11.1 Å². The van der Waals surface area contributed by atoms with Gasteiger partial charge >= 0.3 is 5.97 Å². The first kappa shape index (κ1) is 35.9. The van der Waals surface area contributed by atoms with Crippen LogP contribution in [0.3, 0.4) is 0 Å². The van der Waals surface area contributed by atoms with E-state index >= 15 is 0 Å². The largest absolute Gasteiger partial charge is 0.489 e. The summed E-state index contributed by atoms with van der Waals surface area (Å²) in [5.41, 5.74) is 4.62. The molecule has 2 aliphatic heterocycles. The van der Waals surface area contributed by atoms with E-state index < -0.39 is 17.6 Å². The summed E-state index contributed by atoms with van der Waals surface area (Å²) in [4.78, 5) is 27.0. The minimum atomic E-state index is -1.55. The van der Waals surface area contributed by atoms with Crippen LogP contribution in [0.1, 0.15) is 46.4 Å². The van der Waals surface area contributed by atoms with Crippen molar-refractivity contribution in [3.05, 3.63) is 147 Å². The van der Waals surface area contributed by atoms with Gasteiger partial charge < -0.3 is 29.6 Å². The molecule has 2 heterocycles. The number of hydrogen-bond donors (Lipinski definition) is 2. The van der Waals surface area contributed by atoms with Gasteiger partial charge in [0, 0.05) is 6.54 Å². The van der Waals surface area contributed by atoms with Crippen molar-refractivity contribution in [1.82, 2.24) is 10.6 Å². The topological polar surface area (TPSA) is 119 Å². The van der Waals surface area contributed by atoms with E-state index in [1.165, 1.54) is 7.11 Å². The normalized spacial score (nSPS) is 17.0. The zero-order valence-corrected chi connectivity index (χ0v) is 30.5. The number of rotatable bonds is 9. The Morgan fingerprint density at radius 1 is 0.943 bits per heavy atom. The number of ether oxygens (including phenoxy) is 4. The Kier molecular flexibility index (Phi) is 10.3. The van der Waals surface area contributed by atoms with Crippen LogP contribution in [0, 0.1) is 11.3 Å². The summed E-state index contributed by atoms with van der Waals surface area (Å²) in [6.45, 7) is 2.65. The Morgan fingerprint density at radius 2 is 1.72 bits per heavy atom. The smallest absolute Gasteiger partial charge is 0.336 e. The third kappa shape index (κ3) is 7.53. The summed E-state index contributed by atoms with van der Waals surface area (Å²) in [6, 6.07) is 33.2. The fourth-order valence-corrected chi connectivity index (χ4v) is 6.92.